The fourth-order valence-corrected chi connectivity index (χ4v) is 1.62. The lowest BCUT2D eigenvalue weighted by Gasteiger charge is -2.07. The Morgan fingerprint density at radius 1 is 1.00 bits per heavy atom. The minimum absolute atomic E-state index is 0.627. The van der Waals surface area contributed by atoms with E-state index in [2.05, 4.69) is 9.97 Å². The van der Waals surface area contributed by atoms with Gasteiger partial charge in [-0.05, 0) is 31.2 Å². The van der Waals surface area contributed by atoms with Gasteiger partial charge in [-0.15, -0.1) is 0 Å². The molecule has 0 amide bonds. The van der Waals surface area contributed by atoms with Crippen LogP contribution in [0.25, 0.3) is 5.57 Å². The molecule has 0 saturated heterocycles. The summed E-state index contributed by atoms with van der Waals surface area (Å²) < 4.78 is 0. The fourth-order valence-electron chi connectivity index (χ4n) is 1.62. The van der Waals surface area contributed by atoms with Gasteiger partial charge in [0.15, 0.2) is 0 Å². The van der Waals surface area contributed by atoms with E-state index in [0.717, 1.165) is 23.2 Å². The van der Waals surface area contributed by atoms with E-state index < -0.39 is 0 Å². The molecule has 0 N–H and O–H groups in total. The Bertz CT molecular complexity index is 491. The van der Waals surface area contributed by atoms with Gasteiger partial charge < -0.3 is 0 Å². The molecule has 0 spiro atoms. The van der Waals surface area contributed by atoms with E-state index in [1.54, 1.807) is 19.3 Å². The summed E-state index contributed by atoms with van der Waals surface area (Å²) >= 11 is 0. The van der Waals surface area contributed by atoms with Crippen LogP contribution < -0.4 is 0 Å². The quantitative estimate of drug-likeness (QED) is 0.594. The van der Waals surface area contributed by atoms with Gasteiger partial charge in [0.25, 0.3) is 0 Å². The zero-order valence-corrected chi connectivity index (χ0v) is 9.50. The van der Waals surface area contributed by atoms with Crippen molar-refractivity contribution < 1.29 is 4.79 Å². The highest BCUT2D eigenvalue weighted by Crippen LogP contribution is 2.22. The summed E-state index contributed by atoms with van der Waals surface area (Å²) in [4.78, 5) is 19.5. The summed E-state index contributed by atoms with van der Waals surface area (Å²) in [7, 11) is 0. The number of aromatic nitrogens is 2. The number of hydrogen-bond acceptors (Lipinski definition) is 3. The van der Waals surface area contributed by atoms with Crippen molar-refractivity contribution in [1.82, 2.24) is 9.97 Å². The maximum Gasteiger partial charge on any atom is 0.146 e. The van der Waals surface area contributed by atoms with Crippen molar-refractivity contribution in [2.45, 2.75) is 6.92 Å². The number of rotatable bonds is 3. The molecule has 2 rings (SSSR count). The summed E-state index contributed by atoms with van der Waals surface area (Å²) in [5, 5.41) is 0. The molecule has 0 atom stereocenters. The Morgan fingerprint density at radius 2 is 1.53 bits per heavy atom. The first kappa shape index (κ1) is 11.2. The first-order valence-corrected chi connectivity index (χ1v) is 5.32. The highest BCUT2D eigenvalue weighted by Gasteiger charge is 2.10. The Labute approximate surface area is 99.9 Å². The van der Waals surface area contributed by atoms with Crippen LogP contribution in [0.2, 0.25) is 0 Å². The number of nitrogens with zero attached hydrogens (tertiary/aromatic N) is 2. The molecule has 0 unspecified atom stereocenters. The van der Waals surface area contributed by atoms with Gasteiger partial charge >= 0.3 is 0 Å². The second-order valence-corrected chi connectivity index (χ2v) is 3.61. The zero-order valence-electron chi connectivity index (χ0n) is 9.50. The van der Waals surface area contributed by atoms with Crippen molar-refractivity contribution in [2.24, 2.45) is 0 Å². The molecule has 3 nitrogen and oxygen atoms in total. The third-order valence-corrected chi connectivity index (χ3v) is 2.41. The second kappa shape index (κ2) is 5.16. The van der Waals surface area contributed by atoms with Gasteiger partial charge in [-0.1, -0.05) is 12.1 Å². The van der Waals surface area contributed by atoms with Gasteiger partial charge in [-0.25, -0.2) is 0 Å². The highest BCUT2D eigenvalue weighted by atomic mass is 16.1. The zero-order chi connectivity index (χ0) is 12.1. The Morgan fingerprint density at radius 3 is 1.88 bits per heavy atom. The van der Waals surface area contributed by atoms with E-state index in [0.29, 0.717) is 5.57 Å². The third kappa shape index (κ3) is 2.45. The third-order valence-electron chi connectivity index (χ3n) is 2.41. The first-order chi connectivity index (χ1) is 8.33. The average molecular weight is 224 g/mol. The molecule has 84 valence electrons. The number of carbonyl (C=O) groups excluding carboxylic acids is 1. The van der Waals surface area contributed by atoms with Crippen LogP contribution in [0.3, 0.4) is 0 Å². The fraction of sp³-hybridized carbons (Fsp3) is 0.0714. The lowest BCUT2D eigenvalue weighted by atomic mass is 10.0. The van der Waals surface area contributed by atoms with Crippen LogP contribution in [0.1, 0.15) is 18.3 Å². The van der Waals surface area contributed by atoms with E-state index >= 15 is 0 Å². The maximum atomic E-state index is 11.0. The standard InChI is InChI=1S/C14H12N2O/c1-11(10-17)14(12-6-2-4-8-15-12)13-7-3-5-9-16-13/h2-10H,1H3. The Hall–Kier alpha value is -2.29. The summed E-state index contributed by atoms with van der Waals surface area (Å²) in [6.45, 7) is 1.77. The monoisotopic (exact) mass is 224 g/mol. The van der Waals surface area contributed by atoms with Crippen LogP contribution in [-0.4, -0.2) is 16.3 Å². The van der Waals surface area contributed by atoms with E-state index in [1.807, 2.05) is 36.4 Å². The number of carbonyl (C=O) groups is 1. The summed E-state index contributed by atoms with van der Waals surface area (Å²) in [5.74, 6) is 0. The molecule has 2 heterocycles. The van der Waals surface area contributed by atoms with Crippen LogP contribution in [0.15, 0.2) is 54.4 Å². The van der Waals surface area contributed by atoms with Crippen LogP contribution in [0.4, 0.5) is 0 Å². The predicted molar refractivity (Wildman–Crippen MR) is 66.2 cm³/mol. The molecule has 0 aliphatic rings. The Kier molecular flexibility index (Phi) is 3.40. The normalized spacial score (nSPS) is 9.71. The molecule has 0 bridgehead atoms. The molecule has 0 fully saturated rings. The largest absolute Gasteiger partial charge is 0.298 e. The summed E-state index contributed by atoms with van der Waals surface area (Å²) in [5.41, 5.74) is 2.93. The van der Waals surface area contributed by atoms with E-state index in [4.69, 9.17) is 0 Å². The minimum Gasteiger partial charge on any atom is -0.298 e. The first-order valence-electron chi connectivity index (χ1n) is 5.32. The van der Waals surface area contributed by atoms with Crippen molar-refractivity contribution in [3.05, 3.63) is 65.8 Å². The number of allylic oxidation sites excluding steroid dienone is 1. The molecule has 3 heteroatoms. The second-order valence-electron chi connectivity index (χ2n) is 3.61. The maximum absolute atomic E-state index is 11.0. The lowest BCUT2D eigenvalue weighted by molar-refractivity contribution is -0.104. The van der Waals surface area contributed by atoms with E-state index in [-0.39, 0.29) is 0 Å². The summed E-state index contributed by atoms with van der Waals surface area (Å²) in [6.07, 6.45) is 4.24. The number of pyridine rings is 2. The number of aldehydes is 1. The predicted octanol–water partition coefficient (Wildman–Crippen LogP) is 2.50. The van der Waals surface area contributed by atoms with Crippen molar-refractivity contribution >= 4 is 11.9 Å². The smallest absolute Gasteiger partial charge is 0.146 e. The van der Waals surface area contributed by atoms with Crippen LogP contribution >= 0.6 is 0 Å². The van der Waals surface area contributed by atoms with Gasteiger partial charge in [0.2, 0.25) is 0 Å². The molecule has 0 radical (unpaired) electrons. The van der Waals surface area contributed by atoms with Crippen LogP contribution in [0, 0.1) is 0 Å². The molecular formula is C14H12N2O. The van der Waals surface area contributed by atoms with Gasteiger partial charge in [0.1, 0.15) is 6.29 Å². The van der Waals surface area contributed by atoms with Crippen molar-refractivity contribution in [3.8, 4) is 0 Å². The molecule has 0 saturated carbocycles. The Balaban J connectivity index is 2.60. The molecule has 2 aromatic heterocycles. The summed E-state index contributed by atoms with van der Waals surface area (Å²) in [6, 6.07) is 11.2. The topological polar surface area (TPSA) is 42.9 Å². The van der Waals surface area contributed by atoms with E-state index in [1.165, 1.54) is 0 Å². The lowest BCUT2D eigenvalue weighted by Crippen LogP contribution is -1.97. The highest BCUT2D eigenvalue weighted by molar-refractivity contribution is 5.92. The van der Waals surface area contributed by atoms with E-state index in [9.17, 15) is 4.79 Å². The average Bonchev–Trinajstić information content (AvgIpc) is 2.41. The minimum atomic E-state index is 0.627. The van der Waals surface area contributed by atoms with Crippen LogP contribution in [-0.2, 0) is 4.79 Å². The molecule has 17 heavy (non-hydrogen) atoms. The van der Waals surface area contributed by atoms with Gasteiger partial charge in [0.05, 0.1) is 11.4 Å². The molecule has 2 aromatic rings. The molecule has 0 aromatic carbocycles. The van der Waals surface area contributed by atoms with Crippen molar-refractivity contribution in [2.75, 3.05) is 0 Å². The van der Waals surface area contributed by atoms with Crippen molar-refractivity contribution in [1.29, 1.82) is 0 Å². The SMILES string of the molecule is CC(C=O)=C(c1ccccn1)c1ccccn1. The van der Waals surface area contributed by atoms with Crippen LogP contribution in [0.5, 0.6) is 0 Å². The van der Waals surface area contributed by atoms with Gasteiger partial charge in [-0.3, -0.25) is 14.8 Å². The number of hydrogen-bond donors (Lipinski definition) is 0. The molecular weight excluding hydrogens is 212 g/mol. The van der Waals surface area contributed by atoms with Gasteiger partial charge in [-0.2, -0.15) is 0 Å². The molecule has 0 aliphatic carbocycles. The molecule has 0 aliphatic heterocycles. The van der Waals surface area contributed by atoms with Gasteiger partial charge in [0, 0.05) is 23.5 Å². The van der Waals surface area contributed by atoms with Crippen molar-refractivity contribution in [3.63, 3.8) is 0 Å².